The molecule has 1 heterocycles. The van der Waals surface area contributed by atoms with Gasteiger partial charge in [-0.3, -0.25) is 0 Å². The summed E-state index contributed by atoms with van der Waals surface area (Å²) in [6, 6.07) is 10.2. The zero-order valence-corrected chi connectivity index (χ0v) is 11.7. The highest BCUT2D eigenvalue weighted by Gasteiger charge is 2.22. The van der Waals surface area contributed by atoms with Crippen molar-refractivity contribution in [2.24, 2.45) is 11.1 Å². The first-order chi connectivity index (χ1) is 10.8. The summed E-state index contributed by atoms with van der Waals surface area (Å²) in [7, 11) is 0. The Morgan fingerprint density at radius 1 is 1.32 bits per heavy atom. The van der Waals surface area contributed by atoms with E-state index in [1.807, 2.05) is 0 Å². The van der Waals surface area contributed by atoms with Gasteiger partial charge in [0.25, 0.3) is 0 Å². The molecule has 0 spiro atoms. The number of nitroso groups, excluding NO2 is 1. The molecule has 1 saturated carbocycles. The van der Waals surface area contributed by atoms with Gasteiger partial charge in [0.05, 0.1) is 18.4 Å². The maximum Gasteiger partial charge on any atom is 0.219 e. The molecule has 110 valence electrons. The minimum absolute atomic E-state index is 0.237. The van der Waals surface area contributed by atoms with Crippen molar-refractivity contribution in [3.63, 3.8) is 0 Å². The van der Waals surface area contributed by atoms with Gasteiger partial charge in [0.15, 0.2) is 0 Å². The first kappa shape index (κ1) is 14.0. The van der Waals surface area contributed by atoms with E-state index in [0.29, 0.717) is 35.5 Å². The predicted molar refractivity (Wildman–Crippen MR) is 79.1 cm³/mol. The summed E-state index contributed by atoms with van der Waals surface area (Å²) in [5.74, 6) is 1.97. The fourth-order valence-corrected chi connectivity index (χ4v) is 1.88. The molecular formula is C16H13N3O3. The third-order valence-corrected chi connectivity index (χ3v) is 3.29. The van der Waals surface area contributed by atoms with Crippen molar-refractivity contribution < 1.29 is 9.47 Å². The second-order valence-electron chi connectivity index (χ2n) is 5.07. The number of pyridine rings is 1. The standard InChI is InChI=1S/C16H13N3O3/c17-8-12-3-5-14(7-15(12)21-10-11-1-2-11)22-16-6-4-13(19-20)9-18-16/h3-7,9,11H,1-2,10H2. The normalized spacial score (nSPS) is 13.2. The number of hydrogen-bond acceptors (Lipinski definition) is 6. The molecule has 3 rings (SSSR count). The molecule has 0 bridgehead atoms. The zero-order valence-electron chi connectivity index (χ0n) is 11.7. The van der Waals surface area contributed by atoms with Crippen molar-refractivity contribution in [1.29, 1.82) is 5.26 Å². The monoisotopic (exact) mass is 295 g/mol. The Bertz CT molecular complexity index is 718. The van der Waals surface area contributed by atoms with E-state index in [2.05, 4.69) is 16.2 Å². The number of aromatic nitrogens is 1. The molecule has 0 unspecified atom stereocenters. The quantitative estimate of drug-likeness (QED) is 0.754. The highest BCUT2D eigenvalue weighted by Crippen LogP contribution is 2.32. The molecule has 0 N–H and O–H groups in total. The highest BCUT2D eigenvalue weighted by molar-refractivity contribution is 5.48. The molecule has 1 aromatic heterocycles. The molecule has 1 aromatic carbocycles. The van der Waals surface area contributed by atoms with E-state index < -0.39 is 0 Å². The third-order valence-electron chi connectivity index (χ3n) is 3.29. The van der Waals surface area contributed by atoms with Crippen molar-refractivity contribution in [2.45, 2.75) is 12.8 Å². The molecule has 0 amide bonds. The first-order valence-corrected chi connectivity index (χ1v) is 6.92. The summed E-state index contributed by atoms with van der Waals surface area (Å²) in [5, 5.41) is 11.9. The zero-order chi connectivity index (χ0) is 15.4. The third kappa shape index (κ3) is 3.38. The highest BCUT2D eigenvalue weighted by atomic mass is 16.5. The molecule has 0 radical (unpaired) electrons. The maximum atomic E-state index is 10.3. The molecule has 1 aliphatic rings. The van der Waals surface area contributed by atoms with E-state index in [1.54, 1.807) is 24.3 Å². The number of ether oxygens (including phenoxy) is 2. The second kappa shape index (κ2) is 6.22. The molecule has 1 fully saturated rings. The summed E-state index contributed by atoms with van der Waals surface area (Å²) in [5.41, 5.74) is 0.710. The van der Waals surface area contributed by atoms with Crippen LogP contribution in [0, 0.1) is 22.2 Å². The topological polar surface area (TPSA) is 84.6 Å². The van der Waals surface area contributed by atoms with E-state index in [0.717, 1.165) is 0 Å². The number of nitrogens with zero attached hydrogens (tertiary/aromatic N) is 3. The Balaban J connectivity index is 1.75. The number of nitriles is 1. The van der Waals surface area contributed by atoms with Gasteiger partial charge in [0.2, 0.25) is 5.88 Å². The minimum Gasteiger partial charge on any atom is -0.492 e. The van der Waals surface area contributed by atoms with E-state index in [-0.39, 0.29) is 5.69 Å². The Morgan fingerprint density at radius 3 is 2.82 bits per heavy atom. The lowest BCUT2D eigenvalue weighted by Crippen LogP contribution is -2.01. The SMILES string of the molecule is N#Cc1ccc(Oc2ccc(N=O)cn2)cc1OCC1CC1. The number of rotatable bonds is 6. The average Bonchev–Trinajstić information content (AvgIpc) is 3.38. The van der Waals surface area contributed by atoms with Gasteiger partial charge >= 0.3 is 0 Å². The summed E-state index contributed by atoms with van der Waals surface area (Å²) >= 11 is 0. The van der Waals surface area contributed by atoms with Gasteiger partial charge in [-0.2, -0.15) is 5.26 Å². The van der Waals surface area contributed by atoms with E-state index in [9.17, 15) is 4.91 Å². The largest absolute Gasteiger partial charge is 0.492 e. The van der Waals surface area contributed by atoms with Crippen LogP contribution < -0.4 is 9.47 Å². The van der Waals surface area contributed by atoms with E-state index in [1.165, 1.54) is 25.1 Å². The van der Waals surface area contributed by atoms with Gasteiger partial charge in [-0.25, -0.2) is 4.98 Å². The summed E-state index contributed by atoms with van der Waals surface area (Å²) < 4.78 is 11.3. The van der Waals surface area contributed by atoms with Crippen LogP contribution in [-0.2, 0) is 0 Å². The fourth-order valence-electron chi connectivity index (χ4n) is 1.88. The van der Waals surface area contributed by atoms with E-state index >= 15 is 0 Å². The Kier molecular flexibility index (Phi) is 3.97. The van der Waals surface area contributed by atoms with Crippen LogP contribution in [0.25, 0.3) is 0 Å². The molecular weight excluding hydrogens is 282 g/mol. The second-order valence-corrected chi connectivity index (χ2v) is 5.07. The van der Waals surface area contributed by atoms with Gasteiger partial charge in [0, 0.05) is 12.1 Å². The van der Waals surface area contributed by atoms with Crippen LogP contribution >= 0.6 is 0 Å². The van der Waals surface area contributed by atoms with Crippen LogP contribution in [0.5, 0.6) is 17.4 Å². The maximum absolute atomic E-state index is 10.3. The van der Waals surface area contributed by atoms with Crippen LogP contribution in [0.15, 0.2) is 41.7 Å². The van der Waals surface area contributed by atoms with Gasteiger partial charge in [0.1, 0.15) is 23.3 Å². The van der Waals surface area contributed by atoms with Crippen molar-refractivity contribution in [3.05, 3.63) is 47.0 Å². The van der Waals surface area contributed by atoms with Gasteiger partial charge < -0.3 is 9.47 Å². The lowest BCUT2D eigenvalue weighted by atomic mass is 10.2. The molecule has 6 heteroatoms. The van der Waals surface area contributed by atoms with Gasteiger partial charge in [-0.15, -0.1) is 4.91 Å². The summed E-state index contributed by atoms with van der Waals surface area (Å²) in [6.07, 6.45) is 3.69. The van der Waals surface area contributed by atoms with Crippen LogP contribution in [0.1, 0.15) is 18.4 Å². The van der Waals surface area contributed by atoms with Gasteiger partial charge in [-0.05, 0) is 42.1 Å². The van der Waals surface area contributed by atoms with Crippen LogP contribution in [0.2, 0.25) is 0 Å². The summed E-state index contributed by atoms with van der Waals surface area (Å²) in [6.45, 7) is 0.621. The fraction of sp³-hybridized carbons (Fsp3) is 0.250. The molecule has 2 aromatic rings. The van der Waals surface area contributed by atoms with Crippen LogP contribution in [-0.4, -0.2) is 11.6 Å². The first-order valence-electron chi connectivity index (χ1n) is 6.92. The van der Waals surface area contributed by atoms with Crippen molar-refractivity contribution in [2.75, 3.05) is 6.61 Å². The van der Waals surface area contributed by atoms with Crippen molar-refractivity contribution in [3.8, 4) is 23.4 Å². The molecule has 0 saturated heterocycles. The smallest absolute Gasteiger partial charge is 0.219 e. The lowest BCUT2D eigenvalue weighted by Gasteiger charge is -2.10. The lowest BCUT2D eigenvalue weighted by molar-refractivity contribution is 0.297. The number of benzene rings is 1. The van der Waals surface area contributed by atoms with Gasteiger partial charge in [-0.1, -0.05) is 0 Å². The molecule has 6 nitrogen and oxygen atoms in total. The Labute approximate surface area is 127 Å². The summed E-state index contributed by atoms with van der Waals surface area (Å²) in [4.78, 5) is 14.3. The molecule has 1 aliphatic carbocycles. The van der Waals surface area contributed by atoms with E-state index in [4.69, 9.17) is 14.7 Å². The predicted octanol–water partition coefficient (Wildman–Crippen LogP) is 3.93. The Hall–Kier alpha value is -2.94. The molecule has 22 heavy (non-hydrogen) atoms. The van der Waals surface area contributed by atoms with Crippen molar-refractivity contribution >= 4 is 5.69 Å². The molecule has 0 atom stereocenters. The minimum atomic E-state index is 0.237. The Morgan fingerprint density at radius 2 is 2.18 bits per heavy atom. The van der Waals surface area contributed by atoms with Crippen LogP contribution in [0.4, 0.5) is 5.69 Å². The average molecular weight is 295 g/mol. The van der Waals surface area contributed by atoms with Crippen molar-refractivity contribution in [1.82, 2.24) is 4.98 Å². The molecule has 0 aliphatic heterocycles. The number of hydrogen-bond donors (Lipinski definition) is 0. The van der Waals surface area contributed by atoms with Crippen LogP contribution in [0.3, 0.4) is 0 Å².